The van der Waals surface area contributed by atoms with E-state index in [9.17, 15) is 9.90 Å². The number of rotatable bonds is 2. The number of aliphatic hydroxyl groups excluding tert-OH is 1. The first-order valence-corrected chi connectivity index (χ1v) is 5.98. The fourth-order valence-corrected chi connectivity index (χ4v) is 2.12. The van der Waals surface area contributed by atoms with Gasteiger partial charge in [-0.25, -0.2) is 4.98 Å². The lowest BCUT2D eigenvalue weighted by Gasteiger charge is -2.35. The normalized spacial score (nSPS) is 24.8. The number of carbonyl (C=O) groups is 1. The second kappa shape index (κ2) is 4.84. The largest absolute Gasteiger partial charge is 0.393 e. The lowest BCUT2D eigenvalue weighted by atomic mass is 9.97. The Morgan fingerprint density at radius 3 is 2.82 bits per heavy atom. The highest BCUT2D eigenvalue weighted by atomic mass is 16.3. The van der Waals surface area contributed by atoms with Gasteiger partial charge in [0.1, 0.15) is 5.82 Å². The third-order valence-electron chi connectivity index (χ3n) is 3.34. The van der Waals surface area contributed by atoms with Gasteiger partial charge in [0.05, 0.1) is 6.10 Å². The van der Waals surface area contributed by atoms with Gasteiger partial charge in [-0.15, -0.1) is 0 Å². The molecule has 1 aromatic rings. The van der Waals surface area contributed by atoms with Crippen LogP contribution >= 0.6 is 0 Å². The number of piperidine rings is 1. The predicted octanol–water partition coefficient (Wildman–Crippen LogP) is 1.49. The number of nitrogens with zero attached hydrogens (tertiary/aromatic N) is 2. The fraction of sp³-hybridized carbons (Fsp3) is 0.538. The molecule has 1 aromatic heterocycles. The number of anilines is 1. The summed E-state index contributed by atoms with van der Waals surface area (Å²) < 4.78 is 0. The number of pyridine rings is 1. The van der Waals surface area contributed by atoms with Gasteiger partial charge in [-0.3, -0.25) is 4.79 Å². The molecule has 1 fully saturated rings. The molecule has 1 aliphatic heterocycles. The molecule has 1 N–H and O–H groups in total. The summed E-state index contributed by atoms with van der Waals surface area (Å²) in [5.74, 6) is 1.18. The van der Waals surface area contributed by atoms with Crippen molar-refractivity contribution >= 4 is 11.6 Å². The number of Topliss-reactive ketones (excluding diaryl/α,β-unsaturated/α-hetero) is 1. The van der Waals surface area contributed by atoms with Crippen molar-refractivity contribution in [3.63, 3.8) is 0 Å². The highest BCUT2D eigenvalue weighted by molar-refractivity contribution is 5.93. The zero-order valence-electron chi connectivity index (χ0n) is 10.3. The van der Waals surface area contributed by atoms with Crippen molar-refractivity contribution in [2.24, 2.45) is 5.92 Å². The molecule has 4 nitrogen and oxygen atoms in total. The molecule has 0 bridgehead atoms. The Morgan fingerprint density at radius 1 is 1.53 bits per heavy atom. The van der Waals surface area contributed by atoms with Crippen molar-refractivity contribution < 1.29 is 9.90 Å². The number of aromatic nitrogens is 1. The zero-order valence-corrected chi connectivity index (χ0v) is 10.3. The topological polar surface area (TPSA) is 53.4 Å². The minimum Gasteiger partial charge on any atom is -0.393 e. The van der Waals surface area contributed by atoms with Crippen LogP contribution in [0.2, 0.25) is 0 Å². The maximum Gasteiger partial charge on any atom is 0.161 e. The maximum absolute atomic E-state index is 11.1. The Hall–Kier alpha value is -1.42. The number of hydrogen-bond donors (Lipinski definition) is 1. The van der Waals surface area contributed by atoms with Crippen molar-refractivity contribution in [3.8, 4) is 0 Å². The molecule has 0 spiro atoms. The lowest BCUT2D eigenvalue weighted by Crippen LogP contribution is -2.42. The average molecular weight is 234 g/mol. The molecule has 0 saturated carbocycles. The van der Waals surface area contributed by atoms with E-state index in [0.29, 0.717) is 5.56 Å². The lowest BCUT2D eigenvalue weighted by molar-refractivity contribution is 0.0969. The van der Waals surface area contributed by atoms with Crippen molar-refractivity contribution in [1.82, 2.24) is 4.98 Å². The Bertz CT molecular complexity index is 402. The maximum atomic E-state index is 11.1. The first-order valence-electron chi connectivity index (χ1n) is 5.98. The van der Waals surface area contributed by atoms with Crippen molar-refractivity contribution in [2.75, 3.05) is 18.0 Å². The average Bonchev–Trinajstić information content (AvgIpc) is 2.33. The Labute approximate surface area is 101 Å². The van der Waals surface area contributed by atoms with E-state index in [-0.39, 0.29) is 17.8 Å². The van der Waals surface area contributed by atoms with E-state index in [4.69, 9.17) is 0 Å². The predicted molar refractivity (Wildman–Crippen MR) is 66.2 cm³/mol. The van der Waals surface area contributed by atoms with Gasteiger partial charge in [-0.1, -0.05) is 6.92 Å². The second-order valence-corrected chi connectivity index (χ2v) is 4.74. The third kappa shape index (κ3) is 2.64. The molecule has 1 saturated heterocycles. The third-order valence-corrected chi connectivity index (χ3v) is 3.34. The molecule has 0 aromatic carbocycles. The zero-order chi connectivity index (χ0) is 12.4. The van der Waals surface area contributed by atoms with Crippen LogP contribution in [0.15, 0.2) is 18.3 Å². The fourth-order valence-electron chi connectivity index (χ4n) is 2.12. The van der Waals surface area contributed by atoms with Gasteiger partial charge in [0, 0.05) is 24.8 Å². The number of ketones is 1. The SMILES string of the molecule is CC(=O)c1ccc(N2CCC(O)C(C)C2)nc1. The van der Waals surface area contributed by atoms with Gasteiger partial charge in [-0.2, -0.15) is 0 Å². The van der Waals surface area contributed by atoms with Crippen LogP contribution in [-0.4, -0.2) is 35.1 Å². The summed E-state index contributed by atoms with van der Waals surface area (Å²) in [6.45, 7) is 5.21. The molecular weight excluding hydrogens is 216 g/mol. The van der Waals surface area contributed by atoms with Crippen molar-refractivity contribution in [2.45, 2.75) is 26.4 Å². The number of carbonyl (C=O) groups excluding carboxylic acids is 1. The van der Waals surface area contributed by atoms with Crippen LogP contribution in [0.5, 0.6) is 0 Å². The van der Waals surface area contributed by atoms with Crippen LogP contribution < -0.4 is 4.90 Å². The van der Waals surface area contributed by atoms with Gasteiger partial charge in [-0.05, 0) is 31.4 Å². The molecule has 2 heterocycles. The minimum absolute atomic E-state index is 0.0338. The summed E-state index contributed by atoms with van der Waals surface area (Å²) in [5.41, 5.74) is 0.638. The first kappa shape index (κ1) is 12.0. The van der Waals surface area contributed by atoms with Crippen LogP contribution in [0.25, 0.3) is 0 Å². The van der Waals surface area contributed by atoms with Gasteiger partial charge in [0.15, 0.2) is 5.78 Å². The van der Waals surface area contributed by atoms with Crippen LogP contribution in [0, 0.1) is 5.92 Å². The van der Waals surface area contributed by atoms with E-state index in [1.807, 2.05) is 13.0 Å². The number of hydrogen-bond acceptors (Lipinski definition) is 4. The molecular formula is C13H18N2O2. The molecule has 1 aliphatic rings. The molecule has 0 radical (unpaired) electrons. The Balaban J connectivity index is 2.10. The summed E-state index contributed by atoms with van der Waals surface area (Å²) in [4.78, 5) is 17.6. The molecule has 0 aliphatic carbocycles. The van der Waals surface area contributed by atoms with E-state index in [0.717, 1.165) is 25.3 Å². The smallest absolute Gasteiger partial charge is 0.161 e. The van der Waals surface area contributed by atoms with Gasteiger partial charge < -0.3 is 10.0 Å². The van der Waals surface area contributed by atoms with Crippen LogP contribution in [0.3, 0.4) is 0 Å². The van der Waals surface area contributed by atoms with Crippen LogP contribution in [-0.2, 0) is 0 Å². The summed E-state index contributed by atoms with van der Waals surface area (Å²) in [7, 11) is 0. The van der Waals surface area contributed by atoms with Gasteiger partial charge >= 0.3 is 0 Å². The minimum atomic E-state index is -0.206. The first-order chi connectivity index (χ1) is 8.08. The summed E-state index contributed by atoms with van der Waals surface area (Å²) in [5, 5.41) is 9.67. The van der Waals surface area contributed by atoms with Crippen LogP contribution in [0.1, 0.15) is 30.6 Å². The Kier molecular flexibility index (Phi) is 3.43. The van der Waals surface area contributed by atoms with E-state index in [1.165, 1.54) is 6.92 Å². The van der Waals surface area contributed by atoms with E-state index in [2.05, 4.69) is 9.88 Å². The molecule has 2 unspecified atom stereocenters. The monoisotopic (exact) mass is 234 g/mol. The van der Waals surface area contributed by atoms with E-state index < -0.39 is 0 Å². The summed E-state index contributed by atoms with van der Waals surface area (Å²) in [6, 6.07) is 3.68. The molecule has 2 rings (SSSR count). The van der Waals surface area contributed by atoms with Gasteiger partial charge in [0.25, 0.3) is 0 Å². The molecule has 17 heavy (non-hydrogen) atoms. The van der Waals surface area contributed by atoms with Crippen molar-refractivity contribution in [1.29, 1.82) is 0 Å². The number of aliphatic hydroxyl groups is 1. The highest BCUT2D eigenvalue weighted by Gasteiger charge is 2.24. The second-order valence-electron chi connectivity index (χ2n) is 4.74. The molecule has 2 atom stereocenters. The van der Waals surface area contributed by atoms with E-state index >= 15 is 0 Å². The summed E-state index contributed by atoms with van der Waals surface area (Å²) >= 11 is 0. The Morgan fingerprint density at radius 2 is 2.29 bits per heavy atom. The quantitative estimate of drug-likeness (QED) is 0.788. The standard InChI is InChI=1S/C13H18N2O2/c1-9-8-15(6-5-12(9)17)13-4-3-11(7-14-13)10(2)16/h3-4,7,9,12,17H,5-6,8H2,1-2H3. The summed E-state index contributed by atoms with van der Waals surface area (Å²) in [6.07, 6.45) is 2.19. The molecule has 4 heteroatoms. The van der Waals surface area contributed by atoms with Crippen molar-refractivity contribution in [3.05, 3.63) is 23.9 Å². The molecule has 0 amide bonds. The highest BCUT2D eigenvalue weighted by Crippen LogP contribution is 2.21. The molecule has 92 valence electrons. The van der Waals surface area contributed by atoms with Crippen LogP contribution in [0.4, 0.5) is 5.82 Å². The van der Waals surface area contributed by atoms with Gasteiger partial charge in [0.2, 0.25) is 0 Å². The van der Waals surface area contributed by atoms with E-state index in [1.54, 1.807) is 12.3 Å².